The van der Waals surface area contributed by atoms with Crippen molar-refractivity contribution in [3.05, 3.63) is 29.3 Å². The van der Waals surface area contributed by atoms with Crippen LogP contribution in [0.4, 0.5) is 13.2 Å². The molecule has 3 unspecified atom stereocenters. The standard InChI is InChI=1S/C17H18F3N3O4/c18-17(19,20)14-11(6-21-22-15(14)24)23-7-9-2-1-3-12(10(9)8-23)27-13-4-5-26-16(13)25/h1-3,11,13-14,21H,4-8H2,(H,22,24). The number of fused-ring (bicyclic) bond motifs is 1. The van der Waals surface area contributed by atoms with E-state index in [0.717, 1.165) is 11.1 Å². The van der Waals surface area contributed by atoms with Crippen molar-refractivity contribution in [2.24, 2.45) is 5.92 Å². The van der Waals surface area contributed by atoms with Gasteiger partial charge in [0, 0.05) is 37.7 Å². The highest BCUT2D eigenvalue weighted by atomic mass is 19.4. The van der Waals surface area contributed by atoms with Crippen LogP contribution in [0, 0.1) is 5.92 Å². The molecule has 1 aromatic carbocycles. The minimum Gasteiger partial charge on any atom is -0.478 e. The lowest BCUT2D eigenvalue weighted by Crippen LogP contribution is -2.63. The van der Waals surface area contributed by atoms with Gasteiger partial charge in [-0.15, -0.1) is 0 Å². The van der Waals surface area contributed by atoms with Gasteiger partial charge in [0.25, 0.3) is 0 Å². The van der Waals surface area contributed by atoms with Crippen LogP contribution in [-0.4, -0.2) is 48.3 Å². The first-order chi connectivity index (χ1) is 12.8. The van der Waals surface area contributed by atoms with Gasteiger partial charge in [-0.3, -0.25) is 15.1 Å². The predicted molar refractivity (Wildman–Crippen MR) is 85.2 cm³/mol. The number of carbonyl (C=O) groups is 2. The Morgan fingerprint density at radius 1 is 1.22 bits per heavy atom. The highest BCUT2D eigenvalue weighted by Crippen LogP contribution is 2.38. The number of hydrogen-bond donors (Lipinski definition) is 2. The monoisotopic (exact) mass is 385 g/mol. The van der Waals surface area contributed by atoms with Gasteiger partial charge in [-0.2, -0.15) is 13.2 Å². The molecule has 1 aromatic rings. The molecule has 0 radical (unpaired) electrons. The number of nitrogens with one attached hydrogen (secondary N) is 2. The summed E-state index contributed by atoms with van der Waals surface area (Å²) in [5.41, 5.74) is 6.17. The van der Waals surface area contributed by atoms with E-state index in [1.165, 1.54) is 0 Å². The quantitative estimate of drug-likeness (QED) is 0.752. The molecule has 4 rings (SSSR count). The molecular weight excluding hydrogens is 367 g/mol. The molecule has 0 spiro atoms. The van der Waals surface area contributed by atoms with Gasteiger partial charge in [-0.05, 0) is 11.6 Å². The number of amides is 1. The Hall–Kier alpha value is -2.33. The van der Waals surface area contributed by atoms with Crippen LogP contribution in [-0.2, 0) is 27.4 Å². The minimum atomic E-state index is -4.64. The Balaban J connectivity index is 1.56. The summed E-state index contributed by atoms with van der Waals surface area (Å²) in [6.07, 6.45) is -4.90. The summed E-state index contributed by atoms with van der Waals surface area (Å²) >= 11 is 0. The number of ether oxygens (including phenoxy) is 2. The van der Waals surface area contributed by atoms with Gasteiger partial charge in [-0.25, -0.2) is 10.2 Å². The lowest BCUT2D eigenvalue weighted by molar-refractivity contribution is -0.201. The fourth-order valence-electron chi connectivity index (χ4n) is 3.82. The first-order valence-electron chi connectivity index (χ1n) is 8.62. The molecule has 3 aliphatic heterocycles. The maximum Gasteiger partial charge on any atom is 0.402 e. The lowest BCUT2D eigenvalue weighted by atomic mass is 9.95. The molecule has 1 amide bonds. The maximum absolute atomic E-state index is 13.4. The molecule has 10 heteroatoms. The lowest BCUT2D eigenvalue weighted by Gasteiger charge is -2.38. The fraction of sp³-hybridized carbons (Fsp3) is 0.529. The molecular formula is C17H18F3N3O4. The Labute approximate surface area is 152 Å². The SMILES string of the molecule is O=C1OCCC1Oc1cccc2c1CN(C1CNNC(=O)C1C(F)(F)F)C2. The first kappa shape index (κ1) is 18.1. The van der Waals surface area contributed by atoms with Crippen LogP contribution in [0.25, 0.3) is 0 Å². The zero-order valence-corrected chi connectivity index (χ0v) is 14.2. The van der Waals surface area contributed by atoms with E-state index in [4.69, 9.17) is 9.47 Å². The van der Waals surface area contributed by atoms with E-state index in [9.17, 15) is 22.8 Å². The molecule has 0 bridgehead atoms. The van der Waals surface area contributed by atoms with Crippen LogP contribution in [0.5, 0.6) is 5.75 Å². The number of halogens is 3. The highest BCUT2D eigenvalue weighted by Gasteiger charge is 2.53. The number of cyclic esters (lactones) is 1. The van der Waals surface area contributed by atoms with Crippen LogP contribution >= 0.6 is 0 Å². The van der Waals surface area contributed by atoms with Gasteiger partial charge in [0.1, 0.15) is 5.75 Å². The molecule has 2 saturated heterocycles. The zero-order chi connectivity index (χ0) is 19.2. The van der Waals surface area contributed by atoms with Gasteiger partial charge in [0.2, 0.25) is 5.91 Å². The largest absolute Gasteiger partial charge is 0.478 e. The average molecular weight is 385 g/mol. The molecule has 0 aromatic heterocycles. The van der Waals surface area contributed by atoms with Gasteiger partial charge in [0.05, 0.1) is 6.61 Å². The average Bonchev–Trinajstić information content (AvgIpc) is 3.20. The van der Waals surface area contributed by atoms with Crippen molar-refractivity contribution < 1.29 is 32.2 Å². The van der Waals surface area contributed by atoms with Gasteiger partial charge in [-0.1, -0.05) is 12.1 Å². The van der Waals surface area contributed by atoms with Gasteiger partial charge >= 0.3 is 12.1 Å². The zero-order valence-electron chi connectivity index (χ0n) is 14.2. The normalized spacial score (nSPS) is 28.6. The molecule has 2 fully saturated rings. The predicted octanol–water partition coefficient (Wildman–Crippen LogP) is 0.878. The third kappa shape index (κ3) is 3.34. The summed E-state index contributed by atoms with van der Waals surface area (Å²) in [6, 6.07) is 4.22. The second-order valence-electron chi connectivity index (χ2n) is 6.82. The summed E-state index contributed by atoms with van der Waals surface area (Å²) < 4.78 is 50.9. The Morgan fingerprint density at radius 3 is 2.74 bits per heavy atom. The fourth-order valence-corrected chi connectivity index (χ4v) is 3.82. The van der Waals surface area contributed by atoms with Crippen LogP contribution in [0.15, 0.2) is 18.2 Å². The Kier molecular flexibility index (Phi) is 4.47. The highest BCUT2D eigenvalue weighted by molar-refractivity contribution is 5.80. The molecule has 3 aliphatic rings. The Morgan fingerprint density at radius 2 is 2.04 bits per heavy atom. The van der Waals surface area contributed by atoms with Gasteiger partial charge in [0.15, 0.2) is 12.0 Å². The van der Waals surface area contributed by atoms with E-state index in [1.807, 2.05) is 6.07 Å². The number of nitrogens with zero attached hydrogens (tertiary/aromatic N) is 1. The molecule has 27 heavy (non-hydrogen) atoms. The number of esters is 1. The summed E-state index contributed by atoms with van der Waals surface area (Å²) in [5.74, 6) is -3.16. The minimum absolute atomic E-state index is 0.0188. The molecule has 146 valence electrons. The number of hydrogen-bond acceptors (Lipinski definition) is 6. The maximum atomic E-state index is 13.4. The van der Waals surface area contributed by atoms with Crippen molar-refractivity contribution in [2.45, 2.75) is 37.8 Å². The summed E-state index contributed by atoms with van der Waals surface area (Å²) in [6.45, 7) is 0.753. The third-order valence-corrected chi connectivity index (χ3v) is 5.13. The van der Waals surface area contributed by atoms with Crippen molar-refractivity contribution in [1.29, 1.82) is 0 Å². The smallest absolute Gasteiger partial charge is 0.402 e. The van der Waals surface area contributed by atoms with E-state index in [0.29, 0.717) is 18.8 Å². The first-order valence-corrected chi connectivity index (χ1v) is 8.62. The molecule has 0 aliphatic carbocycles. The number of carbonyl (C=O) groups excluding carboxylic acids is 2. The topological polar surface area (TPSA) is 79.9 Å². The van der Waals surface area contributed by atoms with Crippen molar-refractivity contribution in [3.63, 3.8) is 0 Å². The van der Waals surface area contributed by atoms with Crippen molar-refractivity contribution in [2.75, 3.05) is 13.2 Å². The number of benzene rings is 1. The van der Waals surface area contributed by atoms with E-state index < -0.39 is 36.1 Å². The van der Waals surface area contributed by atoms with Crippen LogP contribution in [0.1, 0.15) is 17.5 Å². The number of alkyl halides is 3. The summed E-state index contributed by atoms with van der Waals surface area (Å²) in [5, 5.41) is 0. The van der Waals surface area contributed by atoms with E-state index in [-0.39, 0.29) is 19.6 Å². The summed E-state index contributed by atoms with van der Waals surface area (Å²) in [4.78, 5) is 25.1. The van der Waals surface area contributed by atoms with E-state index >= 15 is 0 Å². The van der Waals surface area contributed by atoms with Crippen molar-refractivity contribution in [1.82, 2.24) is 15.8 Å². The van der Waals surface area contributed by atoms with Crippen LogP contribution in [0.3, 0.4) is 0 Å². The van der Waals surface area contributed by atoms with E-state index in [1.54, 1.807) is 17.0 Å². The van der Waals surface area contributed by atoms with Crippen LogP contribution < -0.4 is 15.6 Å². The second-order valence-corrected chi connectivity index (χ2v) is 6.82. The number of rotatable bonds is 3. The van der Waals surface area contributed by atoms with Crippen LogP contribution in [0.2, 0.25) is 0 Å². The van der Waals surface area contributed by atoms with Gasteiger partial charge < -0.3 is 9.47 Å². The third-order valence-electron chi connectivity index (χ3n) is 5.13. The van der Waals surface area contributed by atoms with Crippen molar-refractivity contribution >= 4 is 11.9 Å². The molecule has 2 N–H and O–H groups in total. The second kappa shape index (κ2) is 6.68. The molecule has 3 heterocycles. The summed E-state index contributed by atoms with van der Waals surface area (Å²) in [7, 11) is 0. The Bertz CT molecular complexity index is 770. The van der Waals surface area contributed by atoms with Crippen molar-refractivity contribution in [3.8, 4) is 5.75 Å². The molecule has 7 nitrogen and oxygen atoms in total. The van der Waals surface area contributed by atoms with E-state index in [2.05, 4.69) is 10.9 Å². The number of hydrazine groups is 1. The molecule has 0 saturated carbocycles. The molecule has 3 atom stereocenters.